The van der Waals surface area contributed by atoms with Crippen LogP contribution in [-0.4, -0.2) is 31.7 Å². The van der Waals surface area contributed by atoms with Gasteiger partial charge in [0.05, 0.1) is 13.7 Å². The highest BCUT2D eigenvalue weighted by atomic mass is 16.7. The molecule has 0 amide bonds. The summed E-state index contributed by atoms with van der Waals surface area (Å²) in [4.78, 5) is 0. The van der Waals surface area contributed by atoms with E-state index in [-0.39, 0.29) is 6.29 Å². The summed E-state index contributed by atoms with van der Waals surface area (Å²) in [6.45, 7) is 7.22. The molecule has 0 aliphatic rings. The summed E-state index contributed by atoms with van der Waals surface area (Å²) in [6, 6.07) is 27.9. The maximum atomic E-state index is 9.56. The van der Waals surface area contributed by atoms with Crippen molar-refractivity contribution in [1.82, 2.24) is 0 Å². The van der Waals surface area contributed by atoms with Crippen LogP contribution in [0.1, 0.15) is 56.6 Å². The Morgan fingerprint density at radius 2 is 1.32 bits per heavy atom. The highest BCUT2D eigenvalue weighted by Crippen LogP contribution is 2.33. The first-order valence-electron chi connectivity index (χ1n) is 13.3. The molecule has 0 aliphatic carbocycles. The molecule has 3 unspecified atom stereocenters. The molecule has 200 valence electrons. The molecule has 4 aromatic rings. The second-order valence-electron chi connectivity index (χ2n) is 9.68. The lowest BCUT2D eigenvalue weighted by atomic mass is 9.84. The summed E-state index contributed by atoms with van der Waals surface area (Å²) >= 11 is 0. The van der Waals surface area contributed by atoms with Crippen molar-refractivity contribution in [3.8, 4) is 23.0 Å². The van der Waals surface area contributed by atoms with Gasteiger partial charge in [-0.3, -0.25) is 0 Å². The number of hydrogen-bond donors (Lipinski definition) is 1. The van der Waals surface area contributed by atoms with Crippen LogP contribution in [0, 0.1) is 0 Å². The molecule has 0 bridgehead atoms. The van der Waals surface area contributed by atoms with Crippen LogP contribution in [-0.2, 0) is 4.74 Å². The van der Waals surface area contributed by atoms with Crippen LogP contribution in [0.25, 0.3) is 10.8 Å². The number of ether oxygens (including phenoxy) is 4. The average Bonchev–Trinajstić information content (AvgIpc) is 2.94. The number of rotatable bonds is 13. The Morgan fingerprint density at radius 3 is 1.97 bits per heavy atom. The Labute approximate surface area is 225 Å². The van der Waals surface area contributed by atoms with Gasteiger partial charge in [-0.15, -0.1) is 0 Å². The lowest BCUT2D eigenvalue weighted by Crippen LogP contribution is -2.19. The smallest absolute Gasteiger partial charge is 0.197 e. The zero-order chi connectivity index (χ0) is 26.9. The molecule has 0 fully saturated rings. The van der Waals surface area contributed by atoms with Gasteiger partial charge in [0.1, 0.15) is 29.6 Å². The van der Waals surface area contributed by atoms with Crippen molar-refractivity contribution in [2.75, 3.05) is 20.3 Å². The monoisotopic (exact) mass is 514 g/mol. The van der Waals surface area contributed by atoms with Gasteiger partial charge in [-0.2, -0.15) is 0 Å². The largest absolute Gasteiger partial charge is 0.508 e. The van der Waals surface area contributed by atoms with Crippen LogP contribution >= 0.6 is 0 Å². The van der Waals surface area contributed by atoms with Crippen LogP contribution in [0.4, 0.5) is 0 Å². The zero-order valence-corrected chi connectivity index (χ0v) is 22.7. The van der Waals surface area contributed by atoms with Crippen LogP contribution in [0.3, 0.4) is 0 Å². The predicted octanol–water partition coefficient (Wildman–Crippen LogP) is 8.06. The Hall–Kier alpha value is -3.70. The van der Waals surface area contributed by atoms with E-state index >= 15 is 0 Å². The summed E-state index contributed by atoms with van der Waals surface area (Å²) in [5, 5.41) is 11.8. The third-order valence-corrected chi connectivity index (χ3v) is 6.97. The van der Waals surface area contributed by atoms with Gasteiger partial charge in [-0.05, 0) is 102 Å². The fraction of sp³-hybridized carbons (Fsp3) is 0.333. The summed E-state index contributed by atoms with van der Waals surface area (Å²) in [6.07, 6.45) is 1.73. The Balaban J connectivity index is 1.22. The summed E-state index contributed by atoms with van der Waals surface area (Å²) in [5.74, 6) is 3.60. The van der Waals surface area contributed by atoms with Crippen LogP contribution in [0.5, 0.6) is 23.0 Å². The number of phenols is 1. The lowest BCUT2D eigenvalue weighted by molar-refractivity contribution is -0.0739. The van der Waals surface area contributed by atoms with E-state index in [1.54, 1.807) is 19.2 Å². The fourth-order valence-electron chi connectivity index (χ4n) is 4.74. The Kier molecular flexibility index (Phi) is 9.50. The van der Waals surface area contributed by atoms with Crippen LogP contribution in [0.15, 0.2) is 84.9 Å². The summed E-state index contributed by atoms with van der Waals surface area (Å²) in [5.41, 5.74) is 2.55. The van der Waals surface area contributed by atoms with Crippen LogP contribution < -0.4 is 14.2 Å². The molecule has 0 aromatic heterocycles. The standard InChI is InChI=1S/C33H38O5/c1-5-25(20-23(2)26-6-12-30(34)13-7-26)27-8-14-31(15-9-27)38-24(3)36-18-19-37-33-17-11-28-21-32(35-4)16-10-29(28)22-33/h6-17,21-25,34H,5,18-20H2,1-4H3. The third kappa shape index (κ3) is 7.42. The SMILES string of the molecule is CCC(CC(C)c1ccc(O)cc1)c1ccc(OC(C)OCCOc2ccc3cc(OC)ccc3c2)cc1. The first-order valence-corrected chi connectivity index (χ1v) is 13.3. The molecule has 4 aromatic carbocycles. The minimum absolute atomic E-state index is 0.306. The van der Waals surface area contributed by atoms with E-state index in [2.05, 4.69) is 26.0 Å². The number of benzene rings is 4. The Morgan fingerprint density at radius 1 is 0.711 bits per heavy atom. The second kappa shape index (κ2) is 13.2. The number of hydrogen-bond acceptors (Lipinski definition) is 5. The second-order valence-corrected chi connectivity index (χ2v) is 9.68. The molecular formula is C33H38O5. The molecular weight excluding hydrogens is 476 g/mol. The van der Waals surface area contributed by atoms with E-state index in [1.165, 1.54) is 11.1 Å². The van der Waals surface area contributed by atoms with Gasteiger partial charge >= 0.3 is 0 Å². The van der Waals surface area contributed by atoms with Crippen molar-refractivity contribution in [2.24, 2.45) is 0 Å². The van der Waals surface area contributed by atoms with Crippen molar-refractivity contribution in [2.45, 2.75) is 51.7 Å². The molecule has 0 saturated carbocycles. The summed E-state index contributed by atoms with van der Waals surface area (Å²) in [7, 11) is 1.67. The van der Waals surface area contributed by atoms with Crippen LogP contribution in [0.2, 0.25) is 0 Å². The van der Waals surface area contributed by atoms with Crippen molar-refractivity contribution in [3.63, 3.8) is 0 Å². The molecule has 38 heavy (non-hydrogen) atoms. The molecule has 0 heterocycles. The quantitative estimate of drug-likeness (QED) is 0.144. The van der Waals surface area contributed by atoms with E-state index in [1.807, 2.05) is 67.6 Å². The number of phenolic OH excluding ortho intramolecular Hbond substituents is 1. The molecule has 4 rings (SSSR count). The molecule has 0 radical (unpaired) electrons. The molecule has 3 atom stereocenters. The summed E-state index contributed by atoms with van der Waals surface area (Å²) < 4.78 is 22.9. The van der Waals surface area contributed by atoms with Gasteiger partial charge in [0.15, 0.2) is 6.29 Å². The molecule has 5 nitrogen and oxygen atoms in total. The first kappa shape index (κ1) is 27.3. The minimum atomic E-state index is -0.384. The highest BCUT2D eigenvalue weighted by Gasteiger charge is 2.16. The molecule has 0 saturated heterocycles. The van der Waals surface area contributed by atoms with Crippen molar-refractivity contribution in [1.29, 1.82) is 0 Å². The van der Waals surface area contributed by atoms with E-state index in [0.717, 1.165) is 40.9 Å². The maximum Gasteiger partial charge on any atom is 0.197 e. The van der Waals surface area contributed by atoms with E-state index in [9.17, 15) is 5.11 Å². The van der Waals surface area contributed by atoms with Gasteiger partial charge in [-0.1, -0.05) is 50.2 Å². The highest BCUT2D eigenvalue weighted by molar-refractivity contribution is 5.85. The zero-order valence-electron chi connectivity index (χ0n) is 22.7. The van der Waals surface area contributed by atoms with Crippen molar-refractivity contribution >= 4 is 10.8 Å². The minimum Gasteiger partial charge on any atom is -0.508 e. The topological polar surface area (TPSA) is 57.2 Å². The van der Waals surface area contributed by atoms with Gasteiger partial charge in [0, 0.05) is 0 Å². The first-order chi connectivity index (χ1) is 18.4. The molecule has 0 aliphatic heterocycles. The number of methoxy groups -OCH3 is 1. The third-order valence-electron chi connectivity index (χ3n) is 6.97. The number of aromatic hydroxyl groups is 1. The van der Waals surface area contributed by atoms with E-state index < -0.39 is 0 Å². The van der Waals surface area contributed by atoms with Gasteiger partial charge < -0.3 is 24.1 Å². The lowest BCUT2D eigenvalue weighted by Gasteiger charge is -2.21. The van der Waals surface area contributed by atoms with Crippen molar-refractivity contribution < 1.29 is 24.1 Å². The van der Waals surface area contributed by atoms with Gasteiger partial charge in [0.25, 0.3) is 0 Å². The molecule has 1 N–H and O–H groups in total. The van der Waals surface area contributed by atoms with E-state index in [0.29, 0.717) is 30.8 Å². The normalized spacial score (nSPS) is 13.6. The average molecular weight is 515 g/mol. The number of fused-ring (bicyclic) bond motifs is 1. The molecule has 0 spiro atoms. The van der Waals surface area contributed by atoms with Gasteiger partial charge in [0.2, 0.25) is 0 Å². The predicted molar refractivity (Wildman–Crippen MR) is 153 cm³/mol. The van der Waals surface area contributed by atoms with Crippen molar-refractivity contribution in [3.05, 3.63) is 96.1 Å². The Bertz CT molecular complexity index is 1280. The fourth-order valence-corrected chi connectivity index (χ4v) is 4.74. The van der Waals surface area contributed by atoms with E-state index in [4.69, 9.17) is 18.9 Å². The molecule has 5 heteroatoms. The maximum absolute atomic E-state index is 9.56. The van der Waals surface area contributed by atoms with Gasteiger partial charge in [-0.25, -0.2) is 0 Å².